The first kappa shape index (κ1) is 17.1. The van der Waals surface area contributed by atoms with Crippen LogP contribution >= 0.6 is 0 Å². The third-order valence-corrected chi connectivity index (χ3v) is 5.68. The lowest BCUT2D eigenvalue weighted by Gasteiger charge is -2.26. The average Bonchev–Trinajstić information content (AvgIpc) is 2.35. The van der Waals surface area contributed by atoms with Crippen molar-refractivity contribution in [3.8, 4) is 0 Å². The summed E-state index contributed by atoms with van der Waals surface area (Å²) in [5, 5.41) is 0. The van der Waals surface area contributed by atoms with Crippen LogP contribution in [0.2, 0.25) is 0 Å². The van der Waals surface area contributed by atoms with Crippen molar-refractivity contribution in [1.82, 2.24) is 4.31 Å². The van der Waals surface area contributed by atoms with Gasteiger partial charge in [0.05, 0.1) is 4.90 Å². The maximum absolute atomic E-state index is 12.8. The van der Waals surface area contributed by atoms with Crippen LogP contribution in [0.4, 0.5) is 0 Å². The molecule has 0 bridgehead atoms. The standard InChI is InChI=1S/C15H26N2O2S/c1-6-7-17(11(2)3)20(18,19)15-9-14(10-16)12(4)8-13(15)5/h8-9,11H,6-7,10,16H2,1-5H3. The number of aryl methyl sites for hydroxylation is 2. The van der Waals surface area contributed by atoms with Gasteiger partial charge in [-0.25, -0.2) is 8.42 Å². The van der Waals surface area contributed by atoms with Crippen molar-refractivity contribution in [2.75, 3.05) is 6.54 Å². The highest BCUT2D eigenvalue weighted by atomic mass is 32.2. The summed E-state index contributed by atoms with van der Waals surface area (Å²) in [6.07, 6.45) is 0.798. The minimum Gasteiger partial charge on any atom is -0.326 e. The Morgan fingerprint density at radius 2 is 1.80 bits per heavy atom. The lowest BCUT2D eigenvalue weighted by atomic mass is 10.1. The first-order valence-corrected chi connectivity index (χ1v) is 8.51. The molecule has 0 heterocycles. The highest BCUT2D eigenvalue weighted by Gasteiger charge is 2.28. The van der Waals surface area contributed by atoms with Gasteiger partial charge in [0.2, 0.25) is 10.0 Å². The van der Waals surface area contributed by atoms with Crippen LogP contribution in [-0.2, 0) is 16.6 Å². The van der Waals surface area contributed by atoms with E-state index >= 15 is 0 Å². The van der Waals surface area contributed by atoms with E-state index in [0.29, 0.717) is 18.0 Å². The Morgan fingerprint density at radius 1 is 1.20 bits per heavy atom. The first-order chi connectivity index (χ1) is 9.25. The summed E-state index contributed by atoms with van der Waals surface area (Å²) in [4.78, 5) is 0.380. The van der Waals surface area contributed by atoms with E-state index in [-0.39, 0.29) is 6.04 Å². The summed E-state index contributed by atoms with van der Waals surface area (Å²) in [5.41, 5.74) is 8.40. The summed E-state index contributed by atoms with van der Waals surface area (Å²) in [6.45, 7) is 10.5. The predicted molar refractivity (Wildman–Crippen MR) is 83.1 cm³/mol. The molecular weight excluding hydrogens is 272 g/mol. The minimum atomic E-state index is -3.46. The highest BCUT2D eigenvalue weighted by Crippen LogP contribution is 2.25. The van der Waals surface area contributed by atoms with E-state index in [1.807, 2.05) is 40.7 Å². The number of rotatable bonds is 6. The second-order valence-corrected chi connectivity index (χ2v) is 7.32. The van der Waals surface area contributed by atoms with Gasteiger partial charge < -0.3 is 5.73 Å². The normalized spacial score (nSPS) is 12.4. The molecule has 0 atom stereocenters. The van der Waals surface area contributed by atoms with E-state index in [4.69, 9.17) is 5.73 Å². The Bertz CT molecular complexity index is 565. The predicted octanol–water partition coefficient (Wildman–Crippen LogP) is 2.57. The van der Waals surface area contributed by atoms with Crippen molar-refractivity contribution in [3.63, 3.8) is 0 Å². The maximum atomic E-state index is 12.8. The van der Waals surface area contributed by atoms with Gasteiger partial charge in [-0.3, -0.25) is 0 Å². The molecule has 0 radical (unpaired) electrons. The molecule has 2 N–H and O–H groups in total. The number of hydrogen-bond donors (Lipinski definition) is 1. The van der Waals surface area contributed by atoms with Gasteiger partial charge in [-0.2, -0.15) is 4.31 Å². The zero-order valence-corrected chi connectivity index (χ0v) is 13.9. The van der Waals surface area contributed by atoms with Gasteiger partial charge in [-0.15, -0.1) is 0 Å². The van der Waals surface area contributed by atoms with Crippen molar-refractivity contribution in [2.45, 2.75) is 58.5 Å². The molecule has 0 aliphatic rings. The second-order valence-electron chi connectivity index (χ2n) is 5.46. The van der Waals surface area contributed by atoms with E-state index in [0.717, 1.165) is 23.1 Å². The summed E-state index contributed by atoms with van der Waals surface area (Å²) in [7, 11) is -3.46. The molecule has 0 unspecified atom stereocenters. The van der Waals surface area contributed by atoms with E-state index < -0.39 is 10.0 Å². The molecule has 0 aromatic heterocycles. The quantitative estimate of drug-likeness (QED) is 0.878. The van der Waals surface area contributed by atoms with Crippen LogP contribution in [-0.4, -0.2) is 25.3 Å². The number of sulfonamides is 1. The molecule has 5 heteroatoms. The van der Waals surface area contributed by atoms with Crippen LogP contribution in [0.1, 0.15) is 43.9 Å². The maximum Gasteiger partial charge on any atom is 0.243 e. The fraction of sp³-hybridized carbons (Fsp3) is 0.600. The van der Waals surface area contributed by atoms with Gasteiger partial charge in [0.15, 0.2) is 0 Å². The summed E-state index contributed by atoms with van der Waals surface area (Å²) in [5.74, 6) is 0. The van der Waals surface area contributed by atoms with E-state index in [2.05, 4.69) is 0 Å². The minimum absolute atomic E-state index is 0.0537. The molecule has 0 aliphatic carbocycles. The van der Waals surface area contributed by atoms with Crippen molar-refractivity contribution < 1.29 is 8.42 Å². The zero-order chi connectivity index (χ0) is 15.5. The molecule has 0 saturated heterocycles. The summed E-state index contributed by atoms with van der Waals surface area (Å²) >= 11 is 0. The molecule has 0 aliphatic heterocycles. The van der Waals surface area contributed by atoms with E-state index in [1.165, 1.54) is 0 Å². The highest BCUT2D eigenvalue weighted by molar-refractivity contribution is 7.89. The van der Waals surface area contributed by atoms with Gasteiger partial charge in [-0.1, -0.05) is 13.0 Å². The smallest absolute Gasteiger partial charge is 0.243 e. The van der Waals surface area contributed by atoms with Crippen LogP contribution < -0.4 is 5.73 Å². The van der Waals surface area contributed by atoms with Gasteiger partial charge >= 0.3 is 0 Å². The number of nitrogens with two attached hydrogens (primary N) is 1. The fourth-order valence-electron chi connectivity index (χ4n) is 2.37. The number of nitrogens with zero attached hydrogens (tertiary/aromatic N) is 1. The molecule has 20 heavy (non-hydrogen) atoms. The van der Waals surface area contributed by atoms with Crippen molar-refractivity contribution in [3.05, 3.63) is 28.8 Å². The van der Waals surface area contributed by atoms with Crippen LogP contribution in [0.5, 0.6) is 0 Å². The lowest BCUT2D eigenvalue weighted by molar-refractivity contribution is 0.354. The lowest BCUT2D eigenvalue weighted by Crippen LogP contribution is -2.37. The van der Waals surface area contributed by atoms with Gasteiger partial charge in [-0.05, 0) is 56.9 Å². The largest absolute Gasteiger partial charge is 0.326 e. The van der Waals surface area contributed by atoms with Crippen LogP contribution in [0.3, 0.4) is 0 Å². The summed E-state index contributed by atoms with van der Waals surface area (Å²) < 4.78 is 27.3. The Morgan fingerprint density at radius 3 is 2.25 bits per heavy atom. The summed E-state index contributed by atoms with van der Waals surface area (Å²) in [6, 6.07) is 3.58. The van der Waals surface area contributed by atoms with Crippen LogP contribution in [0, 0.1) is 13.8 Å². The molecule has 0 saturated carbocycles. The molecule has 0 amide bonds. The molecule has 114 valence electrons. The van der Waals surface area contributed by atoms with Crippen LogP contribution in [0.25, 0.3) is 0 Å². The average molecular weight is 298 g/mol. The Labute approximate surface area is 123 Å². The monoisotopic (exact) mass is 298 g/mol. The first-order valence-electron chi connectivity index (χ1n) is 7.07. The zero-order valence-electron chi connectivity index (χ0n) is 13.1. The Balaban J connectivity index is 3.40. The van der Waals surface area contributed by atoms with Crippen LogP contribution in [0.15, 0.2) is 17.0 Å². The van der Waals surface area contributed by atoms with E-state index in [9.17, 15) is 8.42 Å². The molecule has 1 aromatic carbocycles. The molecule has 1 aromatic rings. The third-order valence-electron chi connectivity index (χ3n) is 3.46. The van der Waals surface area contributed by atoms with Gasteiger partial charge in [0.25, 0.3) is 0 Å². The molecular formula is C15H26N2O2S. The Hall–Kier alpha value is -0.910. The SMILES string of the molecule is CCCN(C(C)C)S(=O)(=O)c1cc(CN)c(C)cc1C. The molecule has 0 fully saturated rings. The Kier molecular flexibility index (Phi) is 5.74. The molecule has 1 rings (SSSR count). The topological polar surface area (TPSA) is 63.4 Å². The van der Waals surface area contributed by atoms with Gasteiger partial charge in [0, 0.05) is 19.1 Å². The van der Waals surface area contributed by atoms with Crippen molar-refractivity contribution in [2.24, 2.45) is 5.73 Å². The van der Waals surface area contributed by atoms with Gasteiger partial charge in [0.1, 0.15) is 0 Å². The number of hydrogen-bond acceptors (Lipinski definition) is 3. The molecule has 4 nitrogen and oxygen atoms in total. The third kappa shape index (κ3) is 3.40. The van der Waals surface area contributed by atoms with Crippen molar-refractivity contribution >= 4 is 10.0 Å². The number of benzene rings is 1. The molecule has 0 spiro atoms. The van der Waals surface area contributed by atoms with Crippen molar-refractivity contribution in [1.29, 1.82) is 0 Å². The fourth-order valence-corrected chi connectivity index (χ4v) is 4.36. The second kappa shape index (κ2) is 6.70. The van der Waals surface area contributed by atoms with E-state index in [1.54, 1.807) is 10.4 Å².